The van der Waals surface area contributed by atoms with Crippen LogP contribution in [0.15, 0.2) is 52.3 Å². The lowest BCUT2D eigenvalue weighted by Crippen LogP contribution is -2.14. The van der Waals surface area contributed by atoms with E-state index in [2.05, 4.69) is 20.4 Å². The number of aromatic amines is 1. The van der Waals surface area contributed by atoms with Crippen molar-refractivity contribution in [2.75, 3.05) is 5.32 Å². The minimum atomic E-state index is -0.613. The highest BCUT2D eigenvalue weighted by atomic mass is 19.1. The molecule has 1 unspecified atom stereocenters. The second-order valence-corrected chi connectivity index (χ2v) is 5.38. The molecule has 0 bridgehead atoms. The van der Waals surface area contributed by atoms with Gasteiger partial charge >= 0.3 is 0 Å². The van der Waals surface area contributed by atoms with Gasteiger partial charge in [0.2, 0.25) is 0 Å². The maximum absolute atomic E-state index is 13.7. The van der Waals surface area contributed by atoms with Gasteiger partial charge in [-0.15, -0.1) is 0 Å². The number of nitrogens with zero attached hydrogens (tertiary/aromatic N) is 2. The molecule has 0 amide bonds. The van der Waals surface area contributed by atoms with Crippen molar-refractivity contribution in [3.8, 4) is 0 Å². The summed E-state index contributed by atoms with van der Waals surface area (Å²) >= 11 is 0. The first-order chi connectivity index (χ1) is 12.5. The first-order valence-electron chi connectivity index (χ1n) is 7.80. The Morgan fingerprint density at radius 3 is 2.77 bits per heavy atom. The molecule has 0 fully saturated rings. The Morgan fingerprint density at radius 1 is 1.35 bits per heavy atom. The second kappa shape index (κ2) is 8.65. The molecule has 2 rings (SSSR count). The highest BCUT2D eigenvalue weighted by molar-refractivity contribution is 5.99. The van der Waals surface area contributed by atoms with Crippen molar-refractivity contribution in [3.05, 3.63) is 65.3 Å². The highest BCUT2D eigenvalue weighted by Gasteiger charge is 2.18. The van der Waals surface area contributed by atoms with E-state index in [4.69, 9.17) is 16.7 Å². The third kappa shape index (κ3) is 4.38. The van der Waals surface area contributed by atoms with Gasteiger partial charge in [0.15, 0.2) is 0 Å². The molecule has 1 heterocycles. The molecule has 1 aromatic carbocycles. The number of allylic oxidation sites excluding steroid dienone is 1. The quantitative estimate of drug-likeness (QED) is 0.277. The Hall–Kier alpha value is -3.36. The lowest BCUT2D eigenvalue weighted by molar-refractivity contribution is 0.603. The maximum Gasteiger partial charge on any atom is 0.148 e. The number of aliphatic imine (C=N–C) groups is 1. The Kier molecular flexibility index (Phi) is 6.31. The Morgan fingerprint density at radius 2 is 2.12 bits per heavy atom. The zero-order chi connectivity index (χ0) is 19.1. The zero-order valence-corrected chi connectivity index (χ0v) is 14.1. The van der Waals surface area contributed by atoms with Gasteiger partial charge in [-0.2, -0.15) is 5.11 Å². The van der Waals surface area contributed by atoms with E-state index in [1.807, 2.05) is 6.92 Å². The second-order valence-electron chi connectivity index (χ2n) is 5.38. The molecule has 0 saturated heterocycles. The van der Waals surface area contributed by atoms with E-state index in [9.17, 15) is 8.78 Å². The molecule has 2 aromatic rings. The molecule has 26 heavy (non-hydrogen) atoms. The smallest absolute Gasteiger partial charge is 0.148 e. The van der Waals surface area contributed by atoms with Crippen LogP contribution in [-0.2, 0) is 0 Å². The largest absolute Gasteiger partial charge is 0.382 e. The molecular weight excluding hydrogens is 340 g/mol. The highest BCUT2D eigenvalue weighted by Crippen LogP contribution is 2.28. The maximum atomic E-state index is 13.7. The summed E-state index contributed by atoms with van der Waals surface area (Å²) in [5.41, 5.74) is 14.7. The molecule has 7 nitrogen and oxygen atoms in total. The fourth-order valence-electron chi connectivity index (χ4n) is 2.46. The Bertz CT molecular complexity index is 855. The van der Waals surface area contributed by atoms with Crippen molar-refractivity contribution < 1.29 is 8.78 Å². The summed E-state index contributed by atoms with van der Waals surface area (Å²) in [6.07, 6.45) is 2.81. The first kappa shape index (κ1) is 19.0. The van der Waals surface area contributed by atoms with Crippen LogP contribution in [0.1, 0.15) is 30.7 Å². The summed E-state index contributed by atoms with van der Waals surface area (Å²) in [5.74, 6) is -1.32. The lowest BCUT2D eigenvalue weighted by Gasteiger charge is -2.14. The van der Waals surface area contributed by atoms with Crippen LogP contribution in [0.5, 0.6) is 0 Å². The number of hydrogen-bond donors (Lipinski definition) is 5. The van der Waals surface area contributed by atoms with Crippen LogP contribution in [0.3, 0.4) is 0 Å². The first-order valence-corrected chi connectivity index (χ1v) is 7.80. The van der Waals surface area contributed by atoms with Crippen LogP contribution in [0, 0.1) is 22.6 Å². The van der Waals surface area contributed by atoms with E-state index in [1.165, 1.54) is 6.20 Å². The summed E-state index contributed by atoms with van der Waals surface area (Å²) in [6.45, 7) is 1.90. The molecular formula is C17H19F2N7. The number of anilines is 1. The van der Waals surface area contributed by atoms with Gasteiger partial charge in [0.1, 0.15) is 23.8 Å². The van der Waals surface area contributed by atoms with E-state index in [0.29, 0.717) is 17.8 Å². The van der Waals surface area contributed by atoms with E-state index in [1.54, 1.807) is 12.1 Å². The van der Waals surface area contributed by atoms with E-state index >= 15 is 0 Å². The number of H-pyrrole nitrogens is 1. The van der Waals surface area contributed by atoms with Crippen molar-refractivity contribution in [2.24, 2.45) is 15.8 Å². The van der Waals surface area contributed by atoms with Gasteiger partial charge in [0, 0.05) is 23.9 Å². The Labute approximate surface area is 149 Å². The number of halogens is 2. The standard InChI is InChI=1S/C17H19F2N7/c1-2-11(13-5-6-14(25-13)17(21)24-9-20)16(26-22)8-23-15-7-10(18)3-4-12(15)19/h3-9,11,22-23,25H,2H2,1H3,(H3,20,21,24)/b16-8-,26-22?. The summed E-state index contributed by atoms with van der Waals surface area (Å²) in [7, 11) is 0. The molecule has 0 aliphatic carbocycles. The molecule has 0 spiro atoms. The van der Waals surface area contributed by atoms with E-state index in [0.717, 1.165) is 30.2 Å². The molecule has 0 aliphatic heterocycles. The molecule has 1 aromatic heterocycles. The minimum Gasteiger partial charge on any atom is -0.382 e. The van der Waals surface area contributed by atoms with Crippen molar-refractivity contribution in [1.29, 1.82) is 10.9 Å². The van der Waals surface area contributed by atoms with Gasteiger partial charge in [-0.05, 0) is 30.7 Å². The van der Waals surface area contributed by atoms with Crippen LogP contribution in [0.2, 0.25) is 0 Å². The number of rotatable bonds is 8. The fraction of sp³-hybridized carbons (Fsp3) is 0.176. The normalized spacial score (nSPS) is 13.3. The Balaban J connectivity index is 2.28. The minimum absolute atomic E-state index is 0.0458. The van der Waals surface area contributed by atoms with E-state index < -0.39 is 11.6 Å². The van der Waals surface area contributed by atoms with Crippen LogP contribution in [-0.4, -0.2) is 17.2 Å². The number of aromatic nitrogens is 1. The number of nitrogens with two attached hydrogens (primary N) is 1. The van der Waals surface area contributed by atoms with Crippen LogP contribution >= 0.6 is 0 Å². The molecule has 9 heteroatoms. The molecule has 0 radical (unpaired) electrons. The zero-order valence-electron chi connectivity index (χ0n) is 14.1. The summed E-state index contributed by atoms with van der Waals surface area (Å²) in [4.78, 5) is 6.77. The van der Waals surface area contributed by atoms with Gasteiger partial charge in [0.05, 0.1) is 17.1 Å². The number of benzene rings is 1. The number of amidine groups is 1. The van der Waals surface area contributed by atoms with Gasteiger partial charge in [0.25, 0.3) is 0 Å². The number of nitrogens with one attached hydrogen (secondary N) is 4. The predicted octanol–water partition coefficient (Wildman–Crippen LogP) is 4.08. The van der Waals surface area contributed by atoms with Crippen LogP contribution in [0.25, 0.3) is 0 Å². The van der Waals surface area contributed by atoms with Crippen molar-refractivity contribution in [2.45, 2.75) is 19.3 Å². The summed E-state index contributed by atoms with van der Waals surface area (Å²) < 4.78 is 27.0. The van der Waals surface area contributed by atoms with Gasteiger partial charge in [-0.3, -0.25) is 5.41 Å². The van der Waals surface area contributed by atoms with Crippen molar-refractivity contribution in [3.63, 3.8) is 0 Å². The van der Waals surface area contributed by atoms with Gasteiger partial charge < -0.3 is 16.0 Å². The predicted molar refractivity (Wildman–Crippen MR) is 96.5 cm³/mol. The number of hydrogen-bond acceptors (Lipinski definition) is 4. The average Bonchev–Trinajstić information content (AvgIpc) is 3.11. The molecule has 6 N–H and O–H groups in total. The third-order valence-corrected chi connectivity index (χ3v) is 3.76. The lowest BCUT2D eigenvalue weighted by atomic mass is 9.99. The summed E-state index contributed by atoms with van der Waals surface area (Å²) in [5, 5.41) is 13.1. The molecule has 0 saturated carbocycles. The van der Waals surface area contributed by atoms with Crippen LogP contribution in [0.4, 0.5) is 14.5 Å². The van der Waals surface area contributed by atoms with Crippen LogP contribution < -0.4 is 11.1 Å². The SMILES string of the molecule is CCC(/C(=C/Nc1cc(F)ccc1F)N=N)c1ccc(/C(N)=N\C=N)[nH]1. The fourth-order valence-corrected chi connectivity index (χ4v) is 2.46. The topological polar surface area (TPSA) is 126 Å². The van der Waals surface area contributed by atoms with E-state index in [-0.39, 0.29) is 17.4 Å². The van der Waals surface area contributed by atoms with Crippen molar-refractivity contribution >= 4 is 17.9 Å². The summed E-state index contributed by atoms with van der Waals surface area (Å²) in [6, 6.07) is 6.55. The molecule has 1 atom stereocenters. The van der Waals surface area contributed by atoms with Gasteiger partial charge in [-0.1, -0.05) is 6.92 Å². The average molecular weight is 359 g/mol. The molecule has 136 valence electrons. The monoisotopic (exact) mass is 359 g/mol. The van der Waals surface area contributed by atoms with Crippen molar-refractivity contribution in [1.82, 2.24) is 4.98 Å². The third-order valence-electron chi connectivity index (χ3n) is 3.76. The van der Waals surface area contributed by atoms with Gasteiger partial charge in [-0.25, -0.2) is 19.3 Å². The molecule has 0 aliphatic rings.